The highest BCUT2D eigenvalue weighted by atomic mass is 32.2. The molecule has 1 aliphatic heterocycles. The number of hydrogen-bond donors (Lipinski definition) is 0. The van der Waals surface area contributed by atoms with E-state index in [-0.39, 0.29) is 17.3 Å². The fourth-order valence-electron chi connectivity index (χ4n) is 3.69. The van der Waals surface area contributed by atoms with Gasteiger partial charge in [0.1, 0.15) is 5.82 Å². The van der Waals surface area contributed by atoms with Crippen LogP contribution >= 0.6 is 11.9 Å². The summed E-state index contributed by atoms with van der Waals surface area (Å²) in [5.74, 6) is 1.05. The smallest absolute Gasteiger partial charge is 0.310 e. The van der Waals surface area contributed by atoms with Crippen LogP contribution in [-0.4, -0.2) is 39.5 Å². The van der Waals surface area contributed by atoms with Crippen molar-refractivity contribution >= 4 is 29.0 Å². The molecule has 0 bridgehead atoms. The molecule has 0 saturated carbocycles. The lowest BCUT2D eigenvalue weighted by molar-refractivity contribution is -0.149. The minimum absolute atomic E-state index is 0.0123. The molecule has 27 heavy (non-hydrogen) atoms. The van der Waals surface area contributed by atoms with Crippen LogP contribution in [0.5, 0.6) is 0 Å². The SMILES string of the molecule is CCOC(=O)C1CCCN(Sc2ccc3c(c2)nc(C(C)(C)C)n3CC)C1. The third kappa shape index (κ3) is 4.49. The Morgan fingerprint density at radius 2 is 2.11 bits per heavy atom. The van der Waals surface area contributed by atoms with Gasteiger partial charge in [-0.25, -0.2) is 9.29 Å². The molecule has 148 valence electrons. The number of imidazole rings is 1. The average molecular weight is 390 g/mol. The molecule has 2 heterocycles. The molecule has 1 aromatic carbocycles. The molecule has 0 radical (unpaired) electrons. The van der Waals surface area contributed by atoms with Crippen molar-refractivity contribution in [1.82, 2.24) is 13.9 Å². The van der Waals surface area contributed by atoms with Gasteiger partial charge < -0.3 is 9.30 Å². The summed E-state index contributed by atoms with van der Waals surface area (Å²) in [5.41, 5.74) is 2.25. The third-order valence-electron chi connectivity index (χ3n) is 4.95. The molecule has 0 amide bonds. The predicted molar refractivity (Wildman–Crippen MR) is 111 cm³/mol. The molecule has 3 rings (SSSR count). The van der Waals surface area contributed by atoms with Gasteiger partial charge in [0, 0.05) is 29.9 Å². The van der Waals surface area contributed by atoms with Crippen molar-refractivity contribution in [2.45, 2.75) is 64.3 Å². The molecule has 0 spiro atoms. The van der Waals surface area contributed by atoms with Crippen LogP contribution in [0.25, 0.3) is 11.0 Å². The van der Waals surface area contributed by atoms with Crippen molar-refractivity contribution in [3.63, 3.8) is 0 Å². The standard InChI is InChI=1S/C21H31N3O2S/c1-6-24-18-11-10-16(13-17(18)22-20(24)21(3,4)5)27-23-12-8-9-15(14-23)19(25)26-7-2/h10-11,13,15H,6-9,12,14H2,1-5H3. The number of carbonyl (C=O) groups excluding carboxylic acids is 1. The van der Waals surface area contributed by atoms with Crippen LogP contribution in [0.4, 0.5) is 0 Å². The second kappa shape index (κ2) is 8.23. The fourth-order valence-corrected chi connectivity index (χ4v) is 4.75. The third-order valence-corrected chi connectivity index (χ3v) is 6.00. The van der Waals surface area contributed by atoms with Gasteiger partial charge in [0.05, 0.1) is 23.6 Å². The maximum Gasteiger partial charge on any atom is 0.310 e. The number of piperidine rings is 1. The minimum atomic E-state index is -0.0604. The van der Waals surface area contributed by atoms with Gasteiger partial charge in [-0.3, -0.25) is 4.79 Å². The molecule has 1 aromatic heterocycles. The molecule has 1 aliphatic rings. The Morgan fingerprint density at radius 1 is 1.33 bits per heavy atom. The van der Waals surface area contributed by atoms with Crippen LogP contribution in [0.2, 0.25) is 0 Å². The van der Waals surface area contributed by atoms with Crippen LogP contribution in [0.15, 0.2) is 23.1 Å². The molecule has 2 aromatic rings. The summed E-state index contributed by atoms with van der Waals surface area (Å²) in [6, 6.07) is 6.52. The van der Waals surface area contributed by atoms with E-state index in [1.54, 1.807) is 11.9 Å². The van der Waals surface area contributed by atoms with Gasteiger partial charge in [0.2, 0.25) is 0 Å². The summed E-state index contributed by atoms with van der Waals surface area (Å²) in [7, 11) is 0. The zero-order chi connectivity index (χ0) is 19.6. The summed E-state index contributed by atoms with van der Waals surface area (Å²) in [6.07, 6.45) is 1.95. The highest BCUT2D eigenvalue weighted by Gasteiger charge is 2.28. The Balaban J connectivity index is 1.78. The predicted octanol–water partition coefficient (Wildman–Crippen LogP) is 4.64. The first-order valence-electron chi connectivity index (χ1n) is 9.93. The van der Waals surface area contributed by atoms with Gasteiger partial charge in [-0.15, -0.1) is 0 Å². The molecule has 1 atom stereocenters. The number of fused-ring (bicyclic) bond motifs is 1. The molecule has 0 aliphatic carbocycles. The quantitative estimate of drug-likeness (QED) is 0.551. The van der Waals surface area contributed by atoms with Crippen LogP contribution in [0.3, 0.4) is 0 Å². The number of ether oxygens (including phenoxy) is 1. The highest BCUT2D eigenvalue weighted by molar-refractivity contribution is 7.97. The Kier molecular flexibility index (Phi) is 6.16. The van der Waals surface area contributed by atoms with E-state index in [4.69, 9.17) is 9.72 Å². The van der Waals surface area contributed by atoms with Gasteiger partial charge >= 0.3 is 5.97 Å². The number of hydrogen-bond acceptors (Lipinski definition) is 5. The normalized spacial score (nSPS) is 18.8. The number of aryl methyl sites for hydroxylation is 1. The van der Waals surface area contributed by atoms with E-state index >= 15 is 0 Å². The first-order chi connectivity index (χ1) is 12.8. The monoisotopic (exact) mass is 389 g/mol. The molecular formula is C21H31N3O2S. The Morgan fingerprint density at radius 3 is 2.78 bits per heavy atom. The van der Waals surface area contributed by atoms with E-state index in [2.05, 4.69) is 54.8 Å². The Labute approximate surface area is 166 Å². The number of esters is 1. The molecule has 0 N–H and O–H groups in total. The molecule has 1 fully saturated rings. The van der Waals surface area contributed by atoms with Crippen LogP contribution in [-0.2, 0) is 21.5 Å². The van der Waals surface area contributed by atoms with Gasteiger partial charge in [-0.1, -0.05) is 20.8 Å². The second-order valence-electron chi connectivity index (χ2n) is 8.15. The zero-order valence-electron chi connectivity index (χ0n) is 17.1. The largest absolute Gasteiger partial charge is 0.466 e. The van der Waals surface area contributed by atoms with Crippen molar-refractivity contribution in [3.8, 4) is 0 Å². The van der Waals surface area contributed by atoms with Crippen molar-refractivity contribution in [1.29, 1.82) is 0 Å². The lowest BCUT2D eigenvalue weighted by atomic mass is 9.96. The topological polar surface area (TPSA) is 47.4 Å². The maximum atomic E-state index is 12.1. The van der Waals surface area contributed by atoms with Crippen LogP contribution < -0.4 is 0 Å². The minimum Gasteiger partial charge on any atom is -0.466 e. The summed E-state index contributed by atoms with van der Waals surface area (Å²) >= 11 is 1.73. The second-order valence-corrected chi connectivity index (χ2v) is 9.32. The summed E-state index contributed by atoms with van der Waals surface area (Å²) in [5, 5.41) is 0. The number of rotatable bonds is 5. The Hall–Kier alpha value is -1.53. The van der Waals surface area contributed by atoms with Gasteiger partial charge in [-0.05, 0) is 56.8 Å². The lowest BCUT2D eigenvalue weighted by Crippen LogP contribution is -2.35. The summed E-state index contributed by atoms with van der Waals surface area (Å²) in [4.78, 5) is 18.2. The van der Waals surface area contributed by atoms with Gasteiger partial charge in [-0.2, -0.15) is 0 Å². The van der Waals surface area contributed by atoms with E-state index in [1.807, 2.05) is 6.92 Å². The highest BCUT2D eigenvalue weighted by Crippen LogP contribution is 2.32. The van der Waals surface area contributed by atoms with Crippen LogP contribution in [0, 0.1) is 5.92 Å². The van der Waals surface area contributed by atoms with Gasteiger partial charge in [0.25, 0.3) is 0 Å². The van der Waals surface area contributed by atoms with Crippen molar-refractivity contribution in [2.24, 2.45) is 5.92 Å². The maximum absolute atomic E-state index is 12.1. The average Bonchev–Trinajstić information content (AvgIpc) is 3.00. The van der Waals surface area contributed by atoms with Crippen molar-refractivity contribution in [3.05, 3.63) is 24.0 Å². The van der Waals surface area contributed by atoms with E-state index in [0.29, 0.717) is 6.61 Å². The Bertz CT molecular complexity index is 810. The summed E-state index contributed by atoms with van der Waals surface area (Å²) in [6.45, 7) is 13.8. The van der Waals surface area contributed by atoms with E-state index in [9.17, 15) is 4.79 Å². The lowest BCUT2D eigenvalue weighted by Gasteiger charge is -2.30. The van der Waals surface area contributed by atoms with E-state index in [0.717, 1.165) is 43.8 Å². The number of benzene rings is 1. The van der Waals surface area contributed by atoms with E-state index in [1.165, 1.54) is 10.4 Å². The van der Waals surface area contributed by atoms with Crippen molar-refractivity contribution < 1.29 is 9.53 Å². The molecule has 1 saturated heterocycles. The first kappa shape index (κ1) is 20.2. The van der Waals surface area contributed by atoms with Gasteiger partial charge in [0.15, 0.2) is 0 Å². The molecule has 5 nitrogen and oxygen atoms in total. The number of aromatic nitrogens is 2. The van der Waals surface area contributed by atoms with Crippen molar-refractivity contribution in [2.75, 3.05) is 19.7 Å². The number of carbonyl (C=O) groups is 1. The summed E-state index contributed by atoms with van der Waals surface area (Å²) < 4.78 is 9.80. The first-order valence-corrected chi connectivity index (χ1v) is 10.7. The van der Waals surface area contributed by atoms with E-state index < -0.39 is 0 Å². The van der Waals surface area contributed by atoms with Crippen LogP contribution in [0.1, 0.15) is 53.3 Å². The molecule has 1 unspecified atom stereocenters. The number of nitrogens with zero attached hydrogens (tertiary/aromatic N) is 3. The molecular weight excluding hydrogens is 358 g/mol. The molecule has 6 heteroatoms. The fraction of sp³-hybridized carbons (Fsp3) is 0.619. The zero-order valence-corrected chi connectivity index (χ0v) is 17.9.